The van der Waals surface area contributed by atoms with E-state index in [2.05, 4.69) is 9.97 Å². The maximum absolute atomic E-state index is 12.9. The van der Waals surface area contributed by atoms with E-state index >= 15 is 0 Å². The maximum atomic E-state index is 12.9. The maximum Gasteiger partial charge on any atom is 0.490 e. The fourth-order valence-corrected chi connectivity index (χ4v) is 3.98. The SMILES string of the molecule is O=C(O)C(F)(F)F.O=C(O)C(F)(F)F.O=C(c1ccccn1)N1CCC2OCCCC2(COc2ccccn2)C1. The number of carboxylic acids is 2. The lowest BCUT2D eigenvalue weighted by Crippen LogP contribution is -2.58. The highest BCUT2D eigenvalue weighted by molar-refractivity contribution is 5.92. The molecule has 2 atom stereocenters. The van der Waals surface area contributed by atoms with Gasteiger partial charge in [-0.25, -0.2) is 14.6 Å². The normalized spacial score (nSPS) is 20.4. The molecule has 0 radical (unpaired) electrons. The summed E-state index contributed by atoms with van der Waals surface area (Å²) >= 11 is 0. The third kappa shape index (κ3) is 9.66. The van der Waals surface area contributed by atoms with Crippen molar-refractivity contribution in [2.24, 2.45) is 5.41 Å². The van der Waals surface area contributed by atoms with Crippen molar-refractivity contribution >= 4 is 17.8 Å². The number of piperidine rings is 1. The van der Waals surface area contributed by atoms with E-state index < -0.39 is 24.3 Å². The highest BCUT2D eigenvalue weighted by Crippen LogP contribution is 2.40. The molecule has 220 valence electrons. The number of fused-ring (bicyclic) bond motifs is 1. The Bertz CT molecular complexity index is 1100. The Balaban J connectivity index is 0.000000333. The van der Waals surface area contributed by atoms with Gasteiger partial charge < -0.3 is 24.6 Å². The van der Waals surface area contributed by atoms with Gasteiger partial charge in [-0.15, -0.1) is 0 Å². The second-order valence-corrected chi connectivity index (χ2v) is 8.62. The van der Waals surface area contributed by atoms with Crippen LogP contribution in [0.1, 0.15) is 29.8 Å². The number of pyridine rings is 2. The molecule has 2 unspecified atom stereocenters. The number of nitrogens with zero attached hydrogens (tertiary/aromatic N) is 3. The predicted molar refractivity (Wildman–Crippen MR) is 123 cm³/mol. The molecular formula is C24H25F6N3O7. The number of carbonyl (C=O) groups is 3. The number of aliphatic carboxylic acids is 2. The van der Waals surface area contributed by atoms with Gasteiger partial charge in [0.05, 0.1) is 12.7 Å². The topological polar surface area (TPSA) is 139 Å². The van der Waals surface area contributed by atoms with E-state index in [0.29, 0.717) is 31.3 Å². The molecular weight excluding hydrogens is 556 g/mol. The van der Waals surface area contributed by atoms with E-state index in [0.717, 1.165) is 25.9 Å². The largest absolute Gasteiger partial charge is 0.490 e. The molecule has 0 saturated carbocycles. The molecule has 40 heavy (non-hydrogen) atoms. The molecule has 2 aromatic heterocycles. The van der Waals surface area contributed by atoms with Gasteiger partial charge in [-0.1, -0.05) is 12.1 Å². The average Bonchev–Trinajstić information content (AvgIpc) is 2.92. The number of ether oxygens (including phenoxy) is 2. The van der Waals surface area contributed by atoms with E-state index in [1.165, 1.54) is 0 Å². The van der Waals surface area contributed by atoms with Crippen molar-refractivity contribution < 1.29 is 60.4 Å². The van der Waals surface area contributed by atoms with Crippen molar-refractivity contribution in [2.75, 3.05) is 26.3 Å². The molecule has 10 nitrogen and oxygen atoms in total. The predicted octanol–water partition coefficient (Wildman–Crippen LogP) is 3.83. The summed E-state index contributed by atoms with van der Waals surface area (Å²) in [4.78, 5) is 41.0. The number of hydrogen-bond acceptors (Lipinski definition) is 7. The molecule has 2 N–H and O–H groups in total. The van der Waals surface area contributed by atoms with Crippen LogP contribution in [0, 0.1) is 5.41 Å². The van der Waals surface area contributed by atoms with E-state index in [-0.39, 0.29) is 17.4 Å². The molecule has 4 rings (SSSR count). The minimum Gasteiger partial charge on any atom is -0.477 e. The lowest BCUT2D eigenvalue weighted by molar-refractivity contribution is -0.193. The number of hydrogen-bond donors (Lipinski definition) is 2. The molecule has 0 spiro atoms. The summed E-state index contributed by atoms with van der Waals surface area (Å²) in [5.41, 5.74) is 0.293. The number of likely N-dealkylation sites (tertiary alicyclic amines) is 1. The van der Waals surface area contributed by atoms with Gasteiger partial charge in [0.2, 0.25) is 5.88 Å². The number of rotatable bonds is 4. The molecule has 0 aliphatic carbocycles. The van der Waals surface area contributed by atoms with Gasteiger partial charge in [0.1, 0.15) is 5.69 Å². The Morgan fingerprint density at radius 3 is 2.05 bits per heavy atom. The van der Waals surface area contributed by atoms with Crippen molar-refractivity contribution in [3.63, 3.8) is 0 Å². The molecule has 2 fully saturated rings. The smallest absolute Gasteiger partial charge is 0.477 e. The molecule has 1 amide bonds. The van der Waals surface area contributed by atoms with Gasteiger partial charge >= 0.3 is 24.3 Å². The first kappa shape index (κ1) is 32.3. The van der Waals surface area contributed by atoms with Crippen LogP contribution in [0.3, 0.4) is 0 Å². The molecule has 0 bridgehead atoms. The van der Waals surface area contributed by atoms with Crippen LogP contribution >= 0.6 is 0 Å². The zero-order chi connectivity index (χ0) is 30.0. The molecule has 4 heterocycles. The van der Waals surface area contributed by atoms with Crippen LogP contribution in [-0.4, -0.2) is 87.7 Å². The van der Waals surface area contributed by atoms with E-state index in [9.17, 15) is 31.1 Å². The average molecular weight is 581 g/mol. The Hall–Kier alpha value is -3.95. The summed E-state index contributed by atoms with van der Waals surface area (Å²) in [6.07, 6.45) is -3.88. The van der Waals surface area contributed by atoms with Crippen molar-refractivity contribution in [1.29, 1.82) is 0 Å². The second-order valence-electron chi connectivity index (χ2n) is 8.62. The summed E-state index contributed by atoms with van der Waals surface area (Å²) < 4.78 is 75.5. The monoisotopic (exact) mass is 581 g/mol. The number of alkyl halides is 6. The first-order valence-electron chi connectivity index (χ1n) is 11.6. The number of carbonyl (C=O) groups excluding carboxylic acids is 1. The van der Waals surface area contributed by atoms with Crippen LogP contribution in [0.25, 0.3) is 0 Å². The van der Waals surface area contributed by atoms with Gasteiger partial charge in [-0.05, 0) is 37.5 Å². The lowest BCUT2D eigenvalue weighted by atomic mass is 9.73. The van der Waals surface area contributed by atoms with Crippen LogP contribution in [0.2, 0.25) is 0 Å². The summed E-state index contributed by atoms with van der Waals surface area (Å²) in [5.74, 6) is -4.92. The zero-order valence-corrected chi connectivity index (χ0v) is 20.7. The molecule has 2 aliphatic heterocycles. The number of halogens is 6. The molecule has 2 saturated heterocycles. The molecule has 16 heteroatoms. The van der Waals surface area contributed by atoms with E-state index in [4.69, 9.17) is 29.3 Å². The van der Waals surface area contributed by atoms with Gasteiger partial charge in [0, 0.05) is 43.6 Å². The lowest BCUT2D eigenvalue weighted by Gasteiger charge is -2.49. The van der Waals surface area contributed by atoms with Crippen LogP contribution < -0.4 is 4.74 Å². The van der Waals surface area contributed by atoms with Gasteiger partial charge in [0.15, 0.2) is 0 Å². The second kappa shape index (κ2) is 13.9. The molecule has 2 aromatic rings. The zero-order valence-electron chi connectivity index (χ0n) is 20.7. The summed E-state index contributed by atoms with van der Waals surface area (Å²) in [6, 6.07) is 11.1. The fraction of sp³-hybridized carbons (Fsp3) is 0.458. The van der Waals surface area contributed by atoms with Gasteiger partial charge in [0.25, 0.3) is 5.91 Å². The first-order valence-corrected chi connectivity index (χ1v) is 11.6. The van der Waals surface area contributed by atoms with E-state index in [1.807, 2.05) is 35.2 Å². The fourth-order valence-electron chi connectivity index (χ4n) is 3.98. The van der Waals surface area contributed by atoms with Crippen LogP contribution in [0.4, 0.5) is 26.3 Å². The Kier molecular flexibility index (Phi) is 11.2. The number of aromatic nitrogens is 2. The van der Waals surface area contributed by atoms with Crippen LogP contribution in [0.15, 0.2) is 48.8 Å². The van der Waals surface area contributed by atoms with E-state index in [1.54, 1.807) is 18.5 Å². The van der Waals surface area contributed by atoms with Gasteiger partial charge in [-0.2, -0.15) is 26.3 Å². The van der Waals surface area contributed by atoms with Crippen LogP contribution in [0.5, 0.6) is 5.88 Å². The summed E-state index contributed by atoms with van der Waals surface area (Å²) in [7, 11) is 0. The molecule has 2 aliphatic rings. The number of carboxylic acid groups (broad SMARTS) is 2. The minimum atomic E-state index is -5.08. The van der Waals surface area contributed by atoms with Crippen LogP contribution in [-0.2, 0) is 14.3 Å². The molecule has 0 aromatic carbocycles. The van der Waals surface area contributed by atoms with Crippen molar-refractivity contribution in [2.45, 2.75) is 37.7 Å². The van der Waals surface area contributed by atoms with Crippen molar-refractivity contribution in [3.8, 4) is 5.88 Å². The quantitative estimate of drug-likeness (QED) is 0.516. The number of amides is 1. The summed E-state index contributed by atoms with van der Waals surface area (Å²) in [5, 5.41) is 14.2. The Labute approximate surface area is 223 Å². The van der Waals surface area contributed by atoms with Crippen molar-refractivity contribution in [1.82, 2.24) is 14.9 Å². The highest BCUT2D eigenvalue weighted by Gasteiger charge is 2.48. The third-order valence-electron chi connectivity index (χ3n) is 5.79. The Morgan fingerprint density at radius 1 is 0.975 bits per heavy atom. The highest BCUT2D eigenvalue weighted by atomic mass is 19.4. The minimum absolute atomic E-state index is 0.0214. The first-order chi connectivity index (χ1) is 18.7. The summed E-state index contributed by atoms with van der Waals surface area (Å²) in [6.45, 7) is 2.59. The third-order valence-corrected chi connectivity index (χ3v) is 5.79. The Morgan fingerprint density at radius 2 is 1.55 bits per heavy atom. The van der Waals surface area contributed by atoms with Crippen molar-refractivity contribution in [3.05, 3.63) is 54.5 Å². The standard InChI is InChI=1S/C20H23N3O3.2C2HF3O2/c24-19(16-6-1-3-10-21-16)23-12-8-17-20(14-23,9-5-13-25-17)15-26-18-7-2-4-11-22-18;2*3-2(4,5)1(6)7/h1-4,6-7,10-11,17H,5,8-9,12-15H2;2*(H,6,7). The van der Waals surface area contributed by atoms with Gasteiger partial charge in [-0.3, -0.25) is 9.78 Å².